The van der Waals surface area contributed by atoms with E-state index in [1.54, 1.807) is 0 Å². The number of hydrogen-bond donors (Lipinski definition) is 2. The van der Waals surface area contributed by atoms with E-state index in [0.29, 0.717) is 18.6 Å². The molecule has 2 atom stereocenters. The van der Waals surface area contributed by atoms with Gasteiger partial charge in [0.05, 0.1) is 19.0 Å². The molecule has 1 aliphatic heterocycles. The van der Waals surface area contributed by atoms with E-state index in [-0.39, 0.29) is 12.1 Å². The summed E-state index contributed by atoms with van der Waals surface area (Å²) in [4.78, 5) is 0. The van der Waals surface area contributed by atoms with Gasteiger partial charge in [0.2, 0.25) is 10.0 Å². The molecule has 5 nitrogen and oxygen atoms in total. The second-order valence-electron chi connectivity index (χ2n) is 7.06. The Morgan fingerprint density at radius 2 is 1.83 bits per heavy atom. The average Bonchev–Trinajstić information content (AvgIpc) is 2.99. The van der Waals surface area contributed by atoms with Crippen molar-refractivity contribution in [3.8, 4) is 0 Å². The van der Waals surface area contributed by atoms with E-state index in [1.165, 1.54) is 11.8 Å². The van der Waals surface area contributed by atoms with E-state index in [2.05, 4.69) is 40.4 Å². The minimum Gasteiger partial charge on any atom is -0.377 e. The van der Waals surface area contributed by atoms with Gasteiger partial charge in [0.1, 0.15) is 0 Å². The second-order valence-corrected chi connectivity index (χ2v) is 8.84. The zero-order valence-corrected chi connectivity index (χ0v) is 15.1. The van der Waals surface area contributed by atoms with Crippen LogP contribution in [0.1, 0.15) is 43.6 Å². The lowest BCUT2D eigenvalue weighted by Crippen LogP contribution is -2.46. The van der Waals surface area contributed by atoms with Crippen LogP contribution in [0, 0.1) is 0 Å². The van der Waals surface area contributed by atoms with Crippen LogP contribution in [0.4, 0.5) is 0 Å². The number of sulfonamides is 1. The maximum atomic E-state index is 11.4. The predicted molar refractivity (Wildman–Crippen MR) is 95.6 cm³/mol. The smallest absolute Gasteiger partial charge is 0.209 e. The minimum absolute atomic E-state index is 0.0549. The molecule has 0 bridgehead atoms. The third-order valence-corrected chi connectivity index (χ3v) is 5.90. The highest BCUT2D eigenvalue weighted by molar-refractivity contribution is 7.88. The molecule has 2 aliphatic rings. The van der Waals surface area contributed by atoms with Crippen LogP contribution in [-0.4, -0.2) is 46.0 Å². The van der Waals surface area contributed by atoms with Gasteiger partial charge in [-0.25, -0.2) is 13.1 Å². The van der Waals surface area contributed by atoms with Gasteiger partial charge >= 0.3 is 0 Å². The van der Waals surface area contributed by atoms with E-state index in [9.17, 15) is 8.42 Å². The number of benzene rings is 1. The number of nitrogens with one attached hydrogen (secondary N) is 2. The maximum Gasteiger partial charge on any atom is 0.209 e. The molecule has 24 heavy (non-hydrogen) atoms. The normalized spacial score (nSPS) is 31.2. The minimum atomic E-state index is -3.17. The maximum absolute atomic E-state index is 11.4. The Morgan fingerprint density at radius 3 is 2.50 bits per heavy atom. The predicted octanol–water partition coefficient (Wildman–Crippen LogP) is 2.01. The molecule has 6 heteroatoms. The molecule has 0 radical (unpaired) electrons. The van der Waals surface area contributed by atoms with Gasteiger partial charge in [0, 0.05) is 12.1 Å². The fraction of sp³-hybridized carbons (Fsp3) is 0.667. The van der Waals surface area contributed by atoms with E-state index in [4.69, 9.17) is 4.74 Å². The molecule has 1 saturated carbocycles. The van der Waals surface area contributed by atoms with Crippen molar-refractivity contribution in [1.82, 2.24) is 10.0 Å². The third kappa shape index (κ3) is 5.02. The van der Waals surface area contributed by atoms with Crippen LogP contribution in [0.15, 0.2) is 30.3 Å². The summed E-state index contributed by atoms with van der Waals surface area (Å²) in [6.07, 6.45) is 6.82. The van der Waals surface area contributed by atoms with Crippen molar-refractivity contribution in [3.05, 3.63) is 35.9 Å². The van der Waals surface area contributed by atoms with Crippen molar-refractivity contribution >= 4 is 10.0 Å². The van der Waals surface area contributed by atoms with Gasteiger partial charge in [-0.2, -0.15) is 0 Å². The molecule has 1 heterocycles. The van der Waals surface area contributed by atoms with Crippen molar-refractivity contribution in [3.63, 3.8) is 0 Å². The highest BCUT2D eigenvalue weighted by Crippen LogP contribution is 2.34. The highest BCUT2D eigenvalue weighted by Gasteiger charge is 2.30. The Hall–Kier alpha value is -0.950. The fourth-order valence-electron chi connectivity index (χ4n) is 3.89. The standard InChI is InChI=1S/C18H28N2O3S/c1-24(21,22)20-17-11-12-19-18(17)13-23-16-9-7-15(8-10-16)14-5-3-2-4-6-14/h2-6,15-20H,7-13H2,1H3/t15?,16?,17-,18-/m0/s1. The molecule has 1 aliphatic carbocycles. The Labute approximate surface area is 145 Å². The van der Waals surface area contributed by atoms with Gasteiger partial charge < -0.3 is 10.1 Å². The lowest BCUT2D eigenvalue weighted by Gasteiger charge is -2.30. The highest BCUT2D eigenvalue weighted by atomic mass is 32.2. The van der Waals surface area contributed by atoms with Gasteiger partial charge in [-0.15, -0.1) is 0 Å². The van der Waals surface area contributed by atoms with Gasteiger partial charge in [-0.05, 0) is 50.1 Å². The Morgan fingerprint density at radius 1 is 1.12 bits per heavy atom. The summed E-state index contributed by atoms with van der Waals surface area (Å²) in [5.41, 5.74) is 1.44. The van der Waals surface area contributed by atoms with Crippen molar-refractivity contribution in [2.24, 2.45) is 0 Å². The van der Waals surface area contributed by atoms with Gasteiger partial charge in [0.25, 0.3) is 0 Å². The fourth-order valence-corrected chi connectivity index (χ4v) is 4.72. The summed E-state index contributed by atoms with van der Waals surface area (Å²) in [6.45, 7) is 1.41. The van der Waals surface area contributed by atoms with Crippen LogP contribution in [0.2, 0.25) is 0 Å². The summed E-state index contributed by atoms with van der Waals surface area (Å²) < 4.78 is 31.7. The molecule has 2 N–H and O–H groups in total. The summed E-state index contributed by atoms with van der Waals surface area (Å²) in [7, 11) is -3.17. The van der Waals surface area contributed by atoms with E-state index in [0.717, 1.165) is 38.6 Å². The first-order valence-electron chi connectivity index (χ1n) is 8.88. The zero-order valence-electron chi connectivity index (χ0n) is 14.3. The van der Waals surface area contributed by atoms with E-state index < -0.39 is 10.0 Å². The number of ether oxygens (including phenoxy) is 1. The lowest BCUT2D eigenvalue weighted by atomic mass is 9.83. The first kappa shape index (κ1) is 17.9. The van der Waals surface area contributed by atoms with Gasteiger partial charge in [-0.1, -0.05) is 30.3 Å². The summed E-state index contributed by atoms with van der Waals surface area (Å²) in [6, 6.07) is 10.7. The molecular formula is C18H28N2O3S. The third-order valence-electron chi connectivity index (χ3n) is 5.17. The zero-order chi connectivity index (χ0) is 17.0. The van der Waals surface area contributed by atoms with Crippen molar-refractivity contribution in [2.75, 3.05) is 19.4 Å². The van der Waals surface area contributed by atoms with Crippen LogP contribution in [0.25, 0.3) is 0 Å². The molecule has 1 aromatic carbocycles. The second kappa shape index (κ2) is 7.95. The average molecular weight is 353 g/mol. The van der Waals surface area contributed by atoms with Crippen LogP contribution >= 0.6 is 0 Å². The van der Waals surface area contributed by atoms with Crippen LogP contribution < -0.4 is 10.0 Å². The van der Waals surface area contributed by atoms with E-state index in [1.807, 2.05) is 0 Å². The molecule has 0 aromatic heterocycles. The number of hydrogen-bond acceptors (Lipinski definition) is 4. The molecule has 0 unspecified atom stereocenters. The van der Waals surface area contributed by atoms with Gasteiger partial charge in [-0.3, -0.25) is 0 Å². The summed E-state index contributed by atoms with van der Waals surface area (Å²) in [5.74, 6) is 0.648. The van der Waals surface area contributed by atoms with Crippen LogP contribution in [0.3, 0.4) is 0 Å². The molecular weight excluding hydrogens is 324 g/mol. The molecule has 0 amide bonds. The Kier molecular flexibility index (Phi) is 5.92. The molecule has 3 rings (SSSR count). The SMILES string of the molecule is CS(=O)(=O)N[C@H]1CCN[C@H]1COC1CCC(c2ccccc2)CC1. The largest absolute Gasteiger partial charge is 0.377 e. The monoisotopic (exact) mass is 352 g/mol. The van der Waals surface area contributed by atoms with Crippen molar-refractivity contribution in [1.29, 1.82) is 0 Å². The molecule has 134 valence electrons. The van der Waals surface area contributed by atoms with E-state index >= 15 is 0 Å². The summed E-state index contributed by atoms with van der Waals surface area (Å²) >= 11 is 0. The van der Waals surface area contributed by atoms with Gasteiger partial charge in [0.15, 0.2) is 0 Å². The van der Waals surface area contributed by atoms with Crippen molar-refractivity contribution < 1.29 is 13.2 Å². The first-order valence-corrected chi connectivity index (χ1v) is 10.8. The lowest BCUT2D eigenvalue weighted by molar-refractivity contribution is 0.0126. The van der Waals surface area contributed by atoms with Crippen LogP contribution in [0.5, 0.6) is 0 Å². The first-order chi connectivity index (χ1) is 11.5. The molecule has 1 aromatic rings. The topological polar surface area (TPSA) is 67.4 Å². The molecule has 0 spiro atoms. The Bertz CT molecular complexity index is 612. The Balaban J connectivity index is 1.43. The molecule has 1 saturated heterocycles. The van der Waals surface area contributed by atoms with Crippen LogP contribution in [-0.2, 0) is 14.8 Å². The quantitative estimate of drug-likeness (QED) is 0.822. The van der Waals surface area contributed by atoms with Crippen molar-refractivity contribution in [2.45, 2.75) is 56.2 Å². The summed E-state index contributed by atoms with van der Waals surface area (Å²) in [5, 5.41) is 3.35. The number of rotatable bonds is 6. The molecule has 2 fully saturated rings.